The van der Waals surface area contributed by atoms with Crippen molar-refractivity contribution in [2.45, 2.75) is 19.1 Å². The van der Waals surface area contributed by atoms with Crippen molar-refractivity contribution in [3.05, 3.63) is 29.8 Å². The first-order valence-corrected chi connectivity index (χ1v) is 5.32. The molecule has 14 heavy (non-hydrogen) atoms. The van der Waals surface area contributed by atoms with Gasteiger partial charge in [0.1, 0.15) is 5.75 Å². The third-order valence-electron chi connectivity index (χ3n) is 1.91. The van der Waals surface area contributed by atoms with Gasteiger partial charge in [0.05, 0.1) is 7.11 Å². The highest BCUT2D eigenvalue weighted by Crippen LogP contribution is 2.30. The second-order valence-electron chi connectivity index (χ2n) is 3.03. The van der Waals surface area contributed by atoms with E-state index in [4.69, 9.17) is 4.74 Å². The molecule has 1 rings (SSSR count). The molecule has 76 valence electrons. The number of hydrogen-bond donors (Lipinski definition) is 0. The van der Waals surface area contributed by atoms with Gasteiger partial charge in [-0.2, -0.15) is 0 Å². The molecular weight excluding hydrogens is 196 g/mol. The zero-order valence-corrected chi connectivity index (χ0v) is 9.43. The number of carbonyl (C=O) groups excluding carboxylic acids is 1. The van der Waals surface area contributed by atoms with Gasteiger partial charge in [0.25, 0.3) is 0 Å². The molecule has 0 saturated carbocycles. The molecule has 1 aromatic carbocycles. The third-order valence-corrected chi connectivity index (χ3v) is 2.86. The Hall–Kier alpha value is -0.960. The van der Waals surface area contributed by atoms with Crippen LogP contribution in [0.1, 0.15) is 24.7 Å². The van der Waals surface area contributed by atoms with Gasteiger partial charge in [-0.3, -0.25) is 4.79 Å². The summed E-state index contributed by atoms with van der Waals surface area (Å²) in [5.41, 5.74) is 1.12. The van der Waals surface area contributed by atoms with Crippen LogP contribution in [0.15, 0.2) is 24.3 Å². The Bertz CT molecular complexity index is 323. The van der Waals surface area contributed by atoms with Crippen LogP contribution in [-0.4, -0.2) is 12.2 Å². The van der Waals surface area contributed by atoms with Crippen LogP contribution >= 0.6 is 11.8 Å². The smallest absolute Gasteiger partial charge is 0.186 e. The lowest BCUT2D eigenvalue weighted by molar-refractivity contribution is -0.109. The summed E-state index contributed by atoms with van der Waals surface area (Å²) in [5.74, 6) is 0.832. The van der Waals surface area contributed by atoms with Crippen molar-refractivity contribution >= 4 is 16.9 Å². The van der Waals surface area contributed by atoms with E-state index in [2.05, 4.69) is 0 Å². The van der Waals surface area contributed by atoms with Gasteiger partial charge in [0, 0.05) is 12.2 Å². The molecule has 0 amide bonds. The average Bonchev–Trinajstić information content (AvgIpc) is 2.17. The van der Waals surface area contributed by atoms with E-state index in [1.54, 1.807) is 14.0 Å². The van der Waals surface area contributed by atoms with Crippen molar-refractivity contribution in [2.75, 3.05) is 7.11 Å². The fraction of sp³-hybridized carbons (Fsp3) is 0.364. The van der Waals surface area contributed by atoms with Crippen LogP contribution in [0.4, 0.5) is 0 Å². The Labute approximate surface area is 88.7 Å². The summed E-state index contributed by atoms with van der Waals surface area (Å²) in [6.07, 6.45) is 0. The summed E-state index contributed by atoms with van der Waals surface area (Å²) in [4.78, 5) is 10.9. The van der Waals surface area contributed by atoms with Gasteiger partial charge in [0.15, 0.2) is 5.12 Å². The van der Waals surface area contributed by atoms with E-state index in [0.717, 1.165) is 11.3 Å². The highest BCUT2D eigenvalue weighted by atomic mass is 32.2. The van der Waals surface area contributed by atoms with E-state index >= 15 is 0 Å². The Kier molecular flexibility index (Phi) is 4.01. The number of ether oxygens (including phenoxy) is 1. The first-order chi connectivity index (χ1) is 6.63. The van der Waals surface area contributed by atoms with Gasteiger partial charge < -0.3 is 4.74 Å². The molecule has 1 unspecified atom stereocenters. The normalized spacial score (nSPS) is 12.2. The second-order valence-corrected chi connectivity index (χ2v) is 4.55. The predicted molar refractivity (Wildman–Crippen MR) is 59.7 cm³/mol. The topological polar surface area (TPSA) is 26.3 Å². The monoisotopic (exact) mass is 210 g/mol. The zero-order valence-electron chi connectivity index (χ0n) is 8.61. The Morgan fingerprint density at radius 2 is 2.21 bits per heavy atom. The maximum atomic E-state index is 10.9. The van der Waals surface area contributed by atoms with Crippen LogP contribution in [0.5, 0.6) is 5.75 Å². The summed E-state index contributed by atoms with van der Waals surface area (Å²) in [6.45, 7) is 3.60. The lowest BCUT2D eigenvalue weighted by Crippen LogP contribution is -1.93. The lowest BCUT2D eigenvalue weighted by atomic mass is 10.1. The first-order valence-electron chi connectivity index (χ1n) is 4.44. The largest absolute Gasteiger partial charge is 0.497 e. The van der Waals surface area contributed by atoms with Crippen molar-refractivity contribution in [1.82, 2.24) is 0 Å². The molecule has 3 heteroatoms. The molecule has 0 fully saturated rings. The molecule has 0 aliphatic carbocycles. The average molecular weight is 210 g/mol. The maximum absolute atomic E-state index is 10.9. The molecule has 2 nitrogen and oxygen atoms in total. The molecule has 0 N–H and O–H groups in total. The highest BCUT2D eigenvalue weighted by molar-refractivity contribution is 8.13. The van der Waals surface area contributed by atoms with Gasteiger partial charge in [-0.05, 0) is 24.6 Å². The molecule has 0 saturated heterocycles. The van der Waals surface area contributed by atoms with Gasteiger partial charge in [-0.25, -0.2) is 0 Å². The molecule has 1 aromatic rings. The minimum Gasteiger partial charge on any atom is -0.497 e. The van der Waals surface area contributed by atoms with Gasteiger partial charge in [-0.15, -0.1) is 0 Å². The summed E-state index contributed by atoms with van der Waals surface area (Å²) in [5, 5.41) is 0.322. The van der Waals surface area contributed by atoms with Crippen molar-refractivity contribution < 1.29 is 9.53 Å². The first kappa shape index (κ1) is 11.1. The van der Waals surface area contributed by atoms with Crippen LogP contribution in [0.2, 0.25) is 0 Å². The van der Waals surface area contributed by atoms with Crippen LogP contribution in [0.25, 0.3) is 0 Å². The molecule has 0 radical (unpaired) electrons. The van der Waals surface area contributed by atoms with E-state index in [9.17, 15) is 4.79 Å². The van der Waals surface area contributed by atoms with E-state index < -0.39 is 0 Å². The highest BCUT2D eigenvalue weighted by Gasteiger charge is 2.09. The number of carbonyl (C=O) groups is 1. The Morgan fingerprint density at radius 3 is 2.79 bits per heavy atom. The van der Waals surface area contributed by atoms with Crippen LogP contribution < -0.4 is 4.74 Å². The Balaban J connectivity index is 2.78. The number of rotatable bonds is 3. The van der Waals surface area contributed by atoms with E-state index in [1.807, 2.05) is 31.2 Å². The summed E-state index contributed by atoms with van der Waals surface area (Å²) >= 11 is 1.33. The van der Waals surface area contributed by atoms with Crippen LogP contribution in [0, 0.1) is 0 Å². The van der Waals surface area contributed by atoms with Crippen molar-refractivity contribution in [3.63, 3.8) is 0 Å². The summed E-state index contributed by atoms with van der Waals surface area (Å²) in [7, 11) is 1.64. The molecule has 0 spiro atoms. The quantitative estimate of drug-likeness (QED) is 0.767. The Morgan fingerprint density at radius 1 is 1.50 bits per heavy atom. The number of methoxy groups -OCH3 is 1. The fourth-order valence-corrected chi connectivity index (χ4v) is 1.99. The standard InChI is InChI=1S/C11H14O2S/c1-8(14-9(2)12)10-5-4-6-11(7-10)13-3/h4-8H,1-3H3. The van der Waals surface area contributed by atoms with Crippen LogP contribution in [0.3, 0.4) is 0 Å². The van der Waals surface area contributed by atoms with E-state index in [0.29, 0.717) is 0 Å². The molecule has 0 bridgehead atoms. The molecule has 0 aromatic heterocycles. The molecule has 1 atom stereocenters. The molecule has 0 aliphatic heterocycles. The molecule has 0 heterocycles. The number of hydrogen-bond acceptors (Lipinski definition) is 3. The number of thioether (sulfide) groups is 1. The predicted octanol–water partition coefficient (Wildman–Crippen LogP) is 3.04. The van der Waals surface area contributed by atoms with Crippen molar-refractivity contribution in [2.24, 2.45) is 0 Å². The zero-order chi connectivity index (χ0) is 10.6. The van der Waals surface area contributed by atoms with E-state index in [-0.39, 0.29) is 10.4 Å². The minimum atomic E-state index is 0.139. The summed E-state index contributed by atoms with van der Waals surface area (Å²) in [6, 6.07) is 7.80. The van der Waals surface area contributed by atoms with E-state index in [1.165, 1.54) is 11.8 Å². The minimum absolute atomic E-state index is 0.139. The third kappa shape index (κ3) is 3.07. The van der Waals surface area contributed by atoms with Crippen LogP contribution in [-0.2, 0) is 4.79 Å². The summed E-state index contributed by atoms with van der Waals surface area (Å²) < 4.78 is 5.12. The second kappa shape index (κ2) is 5.05. The molecular formula is C11H14O2S. The SMILES string of the molecule is COc1cccc(C(C)SC(C)=O)c1. The van der Waals surface area contributed by atoms with Gasteiger partial charge in [0.2, 0.25) is 0 Å². The van der Waals surface area contributed by atoms with Gasteiger partial charge >= 0.3 is 0 Å². The lowest BCUT2D eigenvalue weighted by Gasteiger charge is -2.10. The molecule has 0 aliphatic rings. The number of benzene rings is 1. The maximum Gasteiger partial charge on any atom is 0.186 e. The van der Waals surface area contributed by atoms with Gasteiger partial charge in [-0.1, -0.05) is 23.9 Å². The van der Waals surface area contributed by atoms with Crippen molar-refractivity contribution in [3.8, 4) is 5.75 Å². The van der Waals surface area contributed by atoms with Crippen molar-refractivity contribution in [1.29, 1.82) is 0 Å². The fourth-order valence-electron chi connectivity index (χ4n) is 1.21.